The third kappa shape index (κ3) is 10.0. The van der Waals surface area contributed by atoms with Crippen LogP contribution in [0.2, 0.25) is 0 Å². The van der Waals surface area contributed by atoms with Crippen LogP contribution in [0, 0.1) is 5.92 Å². The first-order chi connectivity index (χ1) is 20.2. The van der Waals surface area contributed by atoms with E-state index in [1.807, 2.05) is 36.0 Å². The molecule has 7 nitrogen and oxygen atoms in total. The van der Waals surface area contributed by atoms with Gasteiger partial charge in [-0.1, -0.05) is 61.9 Å². The molecule has 0 atom stereocenters. The molecule has 0 saturated heterocycles. The predicted octanol–water partition coefficient (Wildman–Crippen LogP) is 6.16. The maximum absolute atomic E-state index is 12.2. The molecule has 0 aliphatic heterocycles. The molecule has 41 heavy (non-hydrogen) atoms. The number of hydrogen-bond acceptors (Lipinski definition) is 6. The van der Waals surface area contributed by atoms with Gasteiger partial charge >= 0.3 is 6.09 Å². The van der Waals surface area contributed by atoms with Crippen LogP contribution in [0.25, 0.3) is 11.1 Å². The SMILES string of the molecule is CCC1CCC(OCCCSCCNC(=O)CCOCCNC(=O)OCC2c3ccccc3-c3ccccc32)CC1. The standard InChI is InChI=1S/C33H46N2O5S/c1-2-25-12-14-26(15-13-25)39-19-7-22-41-23-18-34-32(36)16-20-38-21-17-35-33(37)40-24-31-29-10-5-3-8-27(29)28-9-4-6-11-30(28)31/h3-6,8-11,25-26,31H,2,7,12-24H2,1H3,(H,34,36)(H,35,37). The summed E-state index contributed by atoms with van der Waals surface area (Å²) in [5, 5.41) is 5.67. The molecule has 4 rings (SSSR count). The van der Waals surface area contributed by atoms with E-state index >= 15 is 0 Å². The molecule has 1 fully saturated rings. The minimum absolute atomic E-state index is 0.0129. The Hall–Kier alpha value is -2.55. The lowest BCUT2D eigenvalue weighted by molar-refractivity contribution is -0.122. The zero-order valence-corrected chi connectivity index (χ0v) is 25.2. The summed E-state index contributed by atoms with van der Waals surface area (Å²) in [5.41, 5.74) is 4.78. The van der Waals surface area contributed by atoms with Crippen LogP contribution in [0.4, 0.5) is 4.79 Å². The molecule has 2 amide bonds. The fourth-order valence-corrected chi connectivity index (χ4v) is 6.48. The molecule has 0 spiro atoms. The summed E-state index contributed by atoms with van der Waals surface area (Å²) in [5.74, 6) is 2.89. The van der Waals surface area contributed by atoms with E-state index in [1.165, 1.54) is 54.4 Å². The minimum Gasteiger partial charge on any atom is -0.449 e. The quantitative estimate of drug-likeness (QED) is 0.218. The largest absolute Gasteiger partial charge is 0.449 e. The van der Waals surface area contributed by atoms with Crippen molar-refractivity contribution in [1.82, 2.24) is 10.6 Å². The maximum Gasteiger partial charge on any atom is 0.407 e. The van der Waals surface area contributed by atoms with Crippen LogP contribution >= 0.6 is 11.8 Å². The van der Waals surface area contributed by atoms with Crippen molar-refractivity contribution < 1.29 is 23.8 Å². The number of hydrogen-bond donors (Lipinski definition) is 2. The summed E-state index contributed by atoms with van der Waals surface area (Å²) in [7, 11) is 0. The van der Waals surface area contributed by atoms with Gasteiger partial charge in [-0.05, 0) is 66.0 Å². The Labute approximate surface area is 249 Å². The lowest BCUT2D eigenvalue weighted by atomic mass is 9.86. The van der Waals surface area contributed by atoms with Crippen LogP contribution in [0.1, 0.15) is 68.9 Å². The molecule has 0 aromatic heterocycles. The number of thioether (sulfide) groups is 1. The van der Waals surface area contributed by atoms with Crippen LogP contribution in [-0.4, -0.2) is 69.1 Å². The van der Waals surface area contributed by atoms with Crippen molar-refractivity contribution in [2.45, 2.75) is 63.9 Å². The van der Waals surface area contributed by atoms with Gasteiger partial charge < -0.3 is 24.8 Å². The van der Waals surface area contributed by atoms with Gasteiger partial charge in [0.2, 0.25) is 5.91 Å². The topological polar surface area (TPSA) is 85.9 Å². The Kier molecular flexibility index (Phi) is 13.3. The van der Waals surface area contributed by atoms with Crippen molar-refractivity contribution in [2.24, 2.45) is 5.92 Å². The second-order valence-electron chi connectivity index (χ2n) is 10.9. The van der Waals surface area contributed by atoms with E-state index in [1.54, 1.807) is 0 Å². The van der Waals surface area contributed by atoms with E-state index in [9.17, 15) is 9.59 Å². The molecular weight excluding hydrogens is 536 g/mol. The summed E-state index contributed by atoms with van der Waals surface area (Å²) in [6.45, 7) is 5.06. The fourth-order valence-electron chi connectivity index (χ4n) is 5.71. The van der Waals surface area contributed by atoms with Crippen LogP contribution in [0.5, 0.6) is 0 Å². The number of amides is 2. The predicted molar refractivity (Wildman–Crippen MR) is 165 cm³/mol. The highest BCUT2D eigenvalue weighted by Crippen LogP contribution is 2.44. The van der Waals surface area contributed by atoms with Crippen LogP contribution in [0.3, 0.4) is 0 Å². The molecule has 2 N–H and O–H groups in total. The summed E-state index contributed by atoms with van der Waals surface area (Å²) >= 11 is 1.85. The van der Waals surface area contributed by atoms with Crippen molar-refractivity contribution in [2.75, 3.05) is 51.0 Å². The normalized spacial score (nSPS) is 18.0. The molecule has 1 saturated carbocycles. The highest BCUT2D eigenvalue weighted by atomic mass is 32.2. The Bertz CT molecular complexity index is 1040. The van der Waals surface area contributed by atoms with Gasteiger partial charge in [-0.25, -0.2) is 4.79 Å². The molecular formula is C33H46N2O5S. The molecule has 2 aromatic rings. The monoisotopic (exact) mass is 582 g/mol. The van der Waals surface area contributed by atoms with Crippen molar-refractivity contribution in [3.05, 3.63) is 59.7 Å². The van der Waals surface area contributed by atoms with Crippen LogP contribution in [-0.2, 0) is 19.0 Å². The van der Waals surface area contributed by atoms with Crippen molar-refractivity contribution >= 4 is 23.8 Å². The van der Waals surface area contributed by atoms with Gasteiger partial charge in [0.1, 0.15) is 6.61 Å². The van der Waals surface area contributed by atoms with E-state index in [0.29, 0.717) is 38.8 Å². The van der Waals surface area contributed by atoms with Crippen LogP contribution in [0.15, 0.2) is 48.5 Å². The Balaban J connectivity index is 0.951. The van der Waals surface area contributed by atoms with E-state index in [-0.39, 0.29) is 18.4 Å². The van der Waals surface area contributed by atoms with Crippen LogP contribution < -0.4 is 10.6 Å². The first-order valence-electron chi connectivity index (χ1n) is 15.3. The van der Waals surface area contributed by atoms with Gasteiger partial charge in [0.25, 0.3) is 0 Å². The number of carbonyl (C=O) groups excluding carboxylic acids is 2. The molecule has 0 heterocycles. The van der Waals surface area contributed by atoms with E-state index < -0.39 is 6.09 Å². The second kappa shape index (κ2) is 17.4. The summed E-state index contributed by atoms with van der Waals surface area (Å²) < 4.78 is 17.1. The minimum atomic E-state index is -0.462. The molecule has 2 aromatic carbocycles. The third-order valence-corrected chi connectivity index (χ3v) is 9.13. The lowest BCUT2D eigenvalue weighted by Crippen LogP contribution is -2.30. The number of alkyl carbamates (subject to hydrolysis) is 1. The number of carbonyl (C=O) groups is 2. The Morgan fingerprint density at radius 3 is 2.27 bits per heavy atom. The number of benzene rings is 2. The molecule has 2 aliphatic rings. The first-order valence-corrected chi connectivity index (χ1v) is 16.4. The zero-order valence-electron chi connectivity index (χ0n) is 24.4. The summed E-state index contributed by atoms with van der Waals surface area (Å²) in [6, 6.07) is 16.5. The zero-order chi connectivity index (χ0) is 28.7. The number of nitrogens with one attached hydrogen (secondary N) is 2. The van der Waals surface area contributed by atoms with Gasteiger partial charge in [0.05, 0.1) is 19.3 Å². The Morgan fingerprint density at radius 1 is 0.854 bits per heavy atom. The van der Waals surface area contributed by atoms with Crippen molar-refractivity contribution in [3.8, 4) is 11.1 Å². The maximum atomic E-state index is 12.2. The molecule has 0 unspecified atom stereocenters. The summed E-state index contributed by atoms with van der Waals surface area (Å²) in [6.07, 6.45) is 7.75. The van der Waals surface area contributed by atoms with Gasteiger partial charge in [-0.2, -0.15) is 11.8 Å². The van der Waals surface area contributed by atoms with Gasteiger partial charge in [-0.15, -0.1) is 0 Å². The number of ether oxygens (including phenoxy) is 3. The van der Waals surface area contributed by atoms with Crippen molar-refractivity contribution in [1.29, 1.82) is 0 Å². The van der Waals surface area contributed by atoms with Gasteiger partial charge in [0.15, 0.2) is 0 Å². The molecule has 0 bridgehead atoms. The third-order valence-electron chi connectivity index (χ3n) is 8.06. The number of rotatable bonds is 17. The highest BCUT2D eigenvalue weighted by molar-refractivity contribution is 7.99. The average molecular weight is 583 g/mol. The van der Waals surface area contributed by atoms with E-state index in [0.717, 1.165) is 30.5 Å². The molecule has 224 valence electrons. The summed E-state index contributed by atoms with van der Waals surface area (Å²) in [4.78, 5) is 24.2. The van der Waals surface area contributed by atoms with Gasteiger partial charge in [0, 0.05) is 37.8 Å². The molecule has 0 radical (unpaired) electrons. The smallest absolute Gasteiger partial charge is 0.407 e. The van der Waals surface area contributed by atoms with Crippen molar-refractivity contribution in [3.63, 3.8) is 0 Å². The van der Waals surface area contributed by atoms with Gasteiger partial charge in [-0.3, -0.25) is 4.79 Å². The lowest BCUT2D eigenvalue weighted by Gasteiger charge is -2.27. The van der Waals surface area contributed by atoms with E-state index in [4.69, 9.17) is 14.2 Å². The highest BCUT2D eigenvalue weighted by Gasteiger charge is 2.29. The first kappa shape index (κ1) is 31.4. The average Bonchev–Trinajstić information content (AvgIpc) is 3.33. The van der Waals surface area contributed by atoms with E-state index in [2.05, 4.69) is 41.8 Å². The Morgan fingerprint density at radius 2 is 1.56 bits per heavy atom. The second-order valence-corrected chi connectivity index (χ2v) is 12.1. The molecule has 2 aliphatic carbocycles. The molecule has 8 heteroatoms. The number of fused-ring (bicyclic) bond motifs is 3. The fraction of sp³-hybridized carbons (Fsp3) is 0.576.